The van der Waals surface area contributed by atoms with Crippen molar-refractivity contribution >= 4 is 23.6 Å². The van der Waals surface area contributed by atoms with Crippen LogP contribution in [0.25, 0.3) is 0 Å². The molecule has 2 aromatic rings. The van der Waals surface area contributed by atoms with Crippen LogP contribution in [0.3, 0.4) is 0 Å². The Morgan fingerprint density at radius 1 is 1.21 bits per heavy atom. The topological polar surface area (TPSA) is 20.3 Å². The molecule has 0 heterocycles. The van der Waals surface area contributed by atoms with Crippen molar-refractivity contribution in [2.45, 2.75) is 6.54 Å². The molecule has 0 atom stereocenters. The summed E-state index contributed by atoms with van der Waals surface area (Å²) in [4.78, 5) is 12.9. The lowest BCUT2D eigenvalue weighted by Gasteiger charge is -2.21. The molecule has 0 aliphatic heterocycles. The summed E-state index contributed by atoms with van der Waals surface area (Å²) < 4.78 is 13.1. The number of rotatable bonds is 4. The highest BCUT2D eigenvalue weighted by Crippen LogP contribution is 2.21. The van der Waals surface area contributed by atoms with Gasteiger partial charge in [0.1, 0.15) is 5.82 Å². The Labute approximate surface area is 116 Å². The van der Waals surface area contributed by atoms with Gasteiger partial charge in [0.05, 0.1) is 0 Å². The lowest BCUT2D eigenvalue weighted by Crippen LogP contribution is -2.18. The van der Waals surface area contributed by atoms with Crippen molar-refractivity contribution in [2.75, 3.05) is 11.9 Å². The fraction of sp³-hybridized carbons (Fsp3) is 0.133. The van der Waals surface area contributed by atoms with E-state index >= 15 is 0 Å². The second-order valence-electron chi connectivity index (χ2n) is 4.30. The van der Waals surface area contributed by atoms with E-state index in [9.17, 15) is 9.18 Å². The van der Waals surface area contributed by atoms with Crippen molar-refractivity contribution in [1.82, 2.24) is 0 Å². The van der Waals surface area contributed by atoms with Crippen LogP contribution in [-0.2, 0) is 6.54 Å². The highest BCUT2D eigenvalue weighted by Gasteiger charge is 2.08. The Morgan fingerprint density at radius 2 is 1.89 bits per heavy atom. The molecule has 2 aromatic carbocycles. The van der Waals surface area contributed by atoms with E-state index in [1.54, 1.807) is 6.07 Å². The van der Waals surface area contributed by atoms with Crippen LogP contribution >= 0.6 is 11.6 Å². The van der Waals surface area contributed by atoms with E-state index in [-0.39, 0.29) is 0 Å². The largest absolute Gasteiger partial charge is 0.370 e. The summed E-state index contributed by atoms with van der Waals surface area (Å²) in [6.07, 6.45) is 0.663. The minimum atomic E-state index is -0.411. The number of aldehydes is 1. The molecule has 0 radical (unpaired) electrons. The zero-order valence-corrected chi connectivity index (χ0v) is 11.2. The monoisotopic (exact) mass is 277 g/mol. The van der Waals surface area contributed by atoms with Gasteiger partial charge in [0.15, 0.2) is 6.29 Å². The minimum absolute atomic E-state index is 0.344. The van der Waals surface area contributed by atoms with Crippen molar-refractivity contribution in [3.8, 4) is 0 Å². The minimum Gasteiger partial charge on any atom is -0.370 e. The number of carbonyl (C=O) groups excluding carboxylic acids is 1. The highest BCUT2D eigenvalue weighted by molar-refractivity contribution is 6.30. The lowest BCUT2D eigenvalue weighted by atomic mass is 10.1. The smallest absolute Gasteiger partial charge is 0.152 e. The predicted molar refractivity (Wildman–Crippen MR) is 75.3 cm³/mol. The Bertz CT molecular complexity index is 583. The van der Waals surface area contributed by atoms with Gasteiger partial charge in [-0.2, -0.15) is 0 Å². The summed E-state index contributed by atoms with van der Waals surface area (Å²) in [5, 5.41) is 0.682. The maximum atomic E-state index is 13.1. The van der Waals surface area contributed by atoms with Crippen LogP contribution in [0, 0.1) is 5.82 Å². The average Bonchev–Trinajstić information content (AvgIpc) is 2.41. The van der Waals surface area contributed by atoms with E-state index in [0.29, 0.717) is 29.1 Å². The van der Waals surface area contributed by atoms with Gasteiger partial charge in [-0.3, -0.25) is 4.79 Å². The van der Waals surface area contributed by atoms with Crippen molar-refractivity contribution in [2.24, 2.45) is 0 Å². The third-order valence-corrected chi connectivity index (χ3v) is 3.11. The molecule has 98 valence electrons. The molecule has 0 aromatic heterocycles. The molecular weight excluding hydrogens is 265 g/mol. The highest BCUT2D eigenvalue weighted by atomic mass is 35.5. The summed E-state index contributed by atoms with van der Waals surface area (Å²) in [6.45, 7) is 0.615. The molecule has 2 nitrogen and oxygen atoms in total. The molecule has 2 rings (SSSR count). The predicted octanol–water partition coefficient (Wildman–Crippen LogP) is 3.93. The molecule has 0 N–H and O–H groups in total. The molecule has 0 unspecified atom stereocenters. The number of hydrogen-bond acceptors (Lipinski definition) is 2. The van der Waals surface area contributed by atoms with Crippen molar-refractivity contribution in [1.29, 1.82) is 0 Å². The number of anilines is 1. The van der Waals surface area contributed by atoms with Gasteiger partial charge in [0.2, 0.25) is 0 Å². The summed E-state index contributed by atoms with van der Waals surface area (Å²) in [5.41, 5.74) is 2.11. The van der Waals surface area contributed by atoms with Gasteiger partial charge in [-0.05, 0) is 35.9 Å². The van der Waals surface area contributed by atoms with Crippen LogP contribution in [0.5, 0.6) is 0 Å². The maximum Gasteiger partial charge on any atom is 0.152 e. The van der Waals surface area contributed by atoms with Crippen LogP contribution in [0.1, 0.15) is 15.9 Å². The Kier molecular flexibility index (Phi) is 4.17. The zero-order chi connectivity index (χ0) is 13.8. The fourth-order valence-corrected chi connectivity index (χ4v) is 2.04. The van der Waals surface area contributed by atoms with E-state index in [1.807, 2.05) is 36.2 Å². The molecule has 0 fully saturated rings. The first kappa shape index (κ1) is 13.6. The number of halogens is 2. The SMILES string of the molecule is CN(Cc1ccc(Cl)cc1)c1ccc(F)cc1C=O. The normalized spacial score (nSPS) is 10.3. The Hall–Kier alpha value is -1.87. The average molecular weight is 278 g/mol. The molecule has 4 heteroatoms. The Morgan fingerprint density at radius 3 is 2.53 bits per heavy atom. The van der Waals surface area contributed by atoms with Gasteiger partial charge < -0.3 is 4.90 Å². The van der Waals surface area contributed by atoms with E-state index in [4.69, 9.17) is 11.6 Å². The molecule has 0 aliphatic carbocycles. The number of carbonyl (C=O) groups is 1. The summed E-state index contributed by atoms with van der Waals surface area (Å²) in [5.74, 6) is -0.411. The standard InChI is InChI=1S/C15H13ClFNO/c1-18(9-11-2-4-13(16)5-3-11)15-7-6-14(17)8-12(15)10-19/h2-8,10H,9H2,1H3. The summed E-state index contributed by atoms with van der Waals surface area (Å²) >= 11 is 5.83. The van der Waals surface area contributed by atoms with Crippen LogP contribution < -0.4 is 4.90 Å². The summed E-state index contributed by atoms with van der Waals surface area (Å²) in [7, 11) is 1.86. The third kappa shape index (κ3) is 3.32. The molecule has 0 bridgehead atoms. The fourth-order valence-electron chi connectivity index (χ4n) is 1.92. The quantitative estimate of drug-likeness (QED) is 0.789. The van der Waals surface area contributed by atoms with E-state index in [1.165, 1.54) is 12.1 Å². The summed E-state index contributed by atoms with van der Waals surface area (Å²) in [6, 6.07) is 11.7. The molecular formula is C15H13ClFNO. The zero-order valence-electron chi connectivity index (χ0n) is 10.4. The first-order valence-corrected chi connectivity index (χ1v) is 6.18. The van der Waals surface area contributed by atoms with Gasteiger partial charge in [-0.25, -0.2) is 4.39 Å². The lowest BCUT2D eigenvalue weighted by molar-refractivity contribution is 0.112. The van der Waals surface area contributed by atoms with Gasteiger partial charge in [0.25, 0.3) is 0 Å². The van der Waals surface area contributed by atoms with Gasteiger partial charge >= 0.3 is 0 Å². The molecule has 19 heavy (non-hydrogen) atoms. The van der Waals surface area contributed by atoms with E-state index in [2.05, 4.69) is 0 Å². The van der Waals surface area contributed by atoms with Crippen LogP contribution in [-0.4, -0.2) is 13.3 Å². The van der Waals surface area contributed by atoms with Crippen molar-refractivity contribution in [3.63, 3.8) is 0 Å². The van der Waals surface area contributed by atoms with Gasteiger partial charge in [0, 0.05) is 29.9 Å². The molecule has 0 aliphatic rings. The van der Waals surface area contributed by atoms with Crippen LogP contribution in [0.15, 0.2) is 42.5 Å². The molecule has 0 spiro atoms. The van der Waals surface area contributed by atoms with Crippen molar-refractivity contribution < 1.29 is 9.18 Å². The van der Waals surface area contributed by atoms with Gasteiger partial charge in [-0.15, -0.1) is 0 Å². The number of nitrogens with zero attached hydrogens (tertiary/aromatic N) is 1. The maximum absolute atomic E-state index is 13.1. The van der Waals surface area contributed by atoms with Gasteiger partial charge in [-0.1, -0.05) is 23.7 Å². The van der Waals surface area contributed by atoms with E-state index in [0.717, 1.165) is 5.56 Å². The van der Waals surface area contributed by atoms with Crippen LogP contribution in [0.2, 0.25) is 5.02 Å². The molecule has 0 saturated carbocycles. The van der Waals surface area contributed by atoms with Crippen molar-refractivity contribution in [3.05, 3.63) is 64.4 Å². The first-order valence-electron chi connectivity index (χ1n) is 5.80. The Balaban J connectivity index is 2.22. The molecule has 0 amide bonds. The van der Waals surface area contributed by atoms with E-state index < -0.39 is 5.82 Å². The number of hydrogen-bond donors (Lipinski definition) is 0. The van der Waals surface area contributed by atoms with Crippen LogP contribution in [0.4, 0.5) is 10.1 Å². The third-order valence-electron chi connectivity index (χ3n) is 2.86. The molecule has 0 saturated heterocycles. The second-order valence-corrected chi connectivity index (χ2v) is 4.74. The first-order chi connectivity index (χ1) is 9.10. The number of benzene rings is 2. The second kappa shape index (κ2) is 5.85.